The SMILES string of the molecule is N#Cc1cccnc1OC1CCN(C(=O)C2CC(=O)N(c3ccc(Cl)cc3)C2)CC1. The van der Waals surface area contributed by atoms with Crippen LogP contribution in [0.25, 0.3) is 0 Å². The molecule has 2 aliphatic rings. The minimum atomic E-state index is -0.341. The summed E-state index contributed by atoms with van der Waals surface area (Å²) < 4.78 is 5.89. The van der Waals surface area contributed by atoms with Crippen LogP contribution in [0.15, 0.2) is 42.6 Å². The summed E-state index contributed by atoms with van der Waals surface area (Å²) in [5.74, 6) is -0.0432. The van der Waals surface area contributed by atoms with Gasteiger partial charge in [-0.3, -0.25) is 9.59 Å². The lowest BCUT2D eigenvalue weighted by atomic mass is 10.0. The summed E-state index contributed by atoms with van der Waals surface area (Å²) in [6, 6.07) is 12.5. The third kappa shape index (κ3) is 4.24. The number of pyridine rings is 1. The summed E-state index contributed by atoms with van der Waals surface area (Å²) in [4.78, 5) is 33.0. The van der Waals surface area contributed by atoms with Gasteiger partial charge >= 0.3 is 0 Å². The number of carbonyl (C=O) groups is 2. The maximum atomic E-state index is 13.0. The Hall–Kier alpha value is -3.11. The fourth-order valence-electron chi connectivity index (χ4n) is 3.92. The molecule has 2 amide bonds. The highest BCUT2D eigenvalue weighted by molar-refractivity contribution is 6.30. The van der Waals surface area contributed by atoms with Crippen molar-refractivity contribution in [2.45, 2.75) is 25.4 Å². The number of aromatic nitrogens is 1. The van der Waals surface area contributed by atoms with Crippen molar-refractivity contribution in [3.8, 4) is 11.9 Å². The van der Waals surface area contributed by atoms with Crippen LogP contribution >= 0.6 is 11.6 Å². The molecule has 0 N–H and O–H groups in total. The average Bonchev–Trinajstić information content (AvgIpc) is 3.16. The number of nitriles is 1. The summed E-state index contributed by atoms with van der Waals surface area (Å²) in [6.07, 6.45) is 3.05. The van der Waals surface area contributed by atoms with Crippen molar-refractivity contribution in [1.82, 2.24) is 9.88 Å². The fourth-order valence-corrected chi connectivity index (χ4v) is 4.05. The molecule has 1 unspecified atom stereocenters. The molecule has 30 heavy (non-hydrogen) atoms. The van der Waals surface area contributed by atoms with Crippen molar-refractivity contribution in [1.29, 1.82) is 5.26 Å². The monoisotopic (exact) mass is 424 g/mol. The highest BCUT2D eigenvalue weighted by Crippen LogP contribution is 2.28. The first kappa shape index (κ1) is 20.2. The number of ether oxygens (including phenoxy) is 1. The number of anilines is 1. The van der Waals surface area contributed by atoms with Gasteiger partial charge in [0.25, 0.3) is 0 Å². The van der Waals surface area contributed by atoms with Gasteiger partial charge in [0.15, 0.2) is 0 Å². The van der Waals surface area contributed by atoms with E-state index in [4.69, 9.17) is 21.6 Å². The molecule has 8 heteroatoms. The van der Waals surface area contributed by atoms with E-state index in [2.05, 4.69) is 11.1 Å². The van der Waals surface area contributed by atoms with Crippen LogP contribution in [0.3, 0.4) is 0 Å². The van der Waals surface area contributed by atoms with Crippen molar-refractivity contribution in [3.63, 3.8) is 0 Å². The minimum absolute atomic E-state index is 0.00816. The van der Waals surface area contributed by atoms with Crippen LogP contribution < -0.4 is 9.64 Å². The van der Waals surface area contributed by atoms with Crippen LogP contribution in [0.4, 0.5) is 5.69 Å². The Morgan fingerprint density at radius 2 is 1.93 bits per heavy atom. The van der Waals surface area contributed by atoms with Gasteiger partial charge in [0.2, 0.25) is 17.7 Å². The smallest absolute Gasteiger partial charge is 0.231 e. The molecular formula is C22H21ClN4O3. The van der Waals surface area contributed by atoms with Crippen LogP contribution in [0.1, 0.15) is 24.8 Å². The Kier molecular flexibility index (Phi) is 5.86. The first-order valence-electron chi connectivity index (χ1n) is 9.91. The number of piperidine rings is 1. The van der Waals surface area contributed by atoms with E-state index in [-0.39, 0.29) is 30.3 Å². The van der Waals surface area contributed by atoms with Gasteiger partial charge in [-0.15, -0.1) is 0 Å². The number of carbonyl (C=O) groups excluding carboxylic acids is 2. The lowest BCUT2D eigenvalue weighted by Crippen LogP contribution is -2.45. The first-order chi connectivity index (χ1) is 14.5. The largest absolute Gasteiger partial charge is 0.473 e. The lowest BCUT2D eigenvalue weighted by Gasteiger charge is -2.33. The predicted octanol–water partition coefficient (Wildman–Crippen LogP) is 3.03. The molecule has 0 saturated carbocycles. The Labute approximate surface area is 179 Å². The quantitative estimate of drug-likeness (QED) is 0.752. The van der Waals surface area contributed by atoms with E-state index in [1.807, 2.05) is 4.90 Å². The molecule has 2 saturated heterocycles. The van der Waals surface area contributed by atoms with Gasteiger partial charge < -0.3 is 14.5 Å². The highest BCUT2D eigenvalue weighted by atomic mass is 35.5. The average molecular weight is 425 g/mol. The van der Waals surface area contributed by atoms with E-state index in [0.29, 0.717) is 48.9 Å². The second kappa shape index (κ2) is 8.72. The van der Waals surface area contributed by atoms with Gasteiger partial charge in [0.05, 0.1) is 5.92 Å². The molecule has 1 atom stereocenters. The van der Waals surface area contributed by atoms with E-state index in [9.17, 15) is 9.59 Å². The molecular weight excluding hydrogens is 404 g/mol. The molecule has 2 fully saturated rings. The second-order valence-electron chi connectivity index (χ2n) is 7.49. The Bertz CT molecular complexity index is 981. The number of hydrogen-bond acceptors (Lipinski definition) is 5. The van der Waals surface area contributed by atoms with Gasteiger partial charge in [-0.05, 0) is 36.4 Å². The molecule has 1 aromatic carbocycles. The van der Waals surface area contributed by atoms with Crippen LogP contribution in [-0.4, -0.2) is 47.4 Å². The zero-order valence-corrected chi connectivity index (χ0v) is 17.1. The van der Waals surface area contributed by atoms with E-state index >= 15 is 0 Å². The van der Waals surface area contributed by atoms with Crippen molar-refractivity contribution in [2.75, 3.05) is 24.5 Å². The molecule has 4 rings (SSSR count). The molecule has 2 aliphatic heterocycles. The van der Waals surface area contributed by atoms with Crippen molar-refractivity contribution in [2.24, 2.45) is 5.92 Å². The lowest BCUT2D eigenvalue weighted by molar-refractivity contribution is -0.137. The number of hydrogen-bond donors (Lipinski definition) is 0. The third-order valence-electron chi connectivity index (χ3n) is 5.54. The van der Waals surface area contributed by atoms with Gasteiger partial charge in [-0.25, -0.2) is 4.98 Å². The fraction of sp³-hybridized carbons (Fsp3) is 0.364. The zero-order valence-electron chi connectivity index (χ0n) is 16.3. The topological polar surface area (TPSA) is 86.5 Å². The summed E-state index contributed by atoms with van der Waals surface area (Å²) in [6.45, 7) is 1.50. The molecule has 3 heterocycles. The molecule has 154 valence electrons. The molecule has 7 nitrogen and oxygen atoms in total. The van der Waals surface area contributed by atoms with Crippen LogP contribution in [0.2, 0.25) is 5.02 Å². The Balaban J connectivity index is 1.33. The summed E-state index contributed by atoms with van der Waals surface area (Å²) in [5, 5.41) is 9.77. The van der Waals surface area contributed by atoms with E-state index < -0.39 is 0 Å². The van der Waals surface area contributed by atoms with Crippen molar-refractivity contribution >= 4 is 29.1 Å². The van der Waals surface area contributed by atoms with Crippen molar-refractivity contribution in [3.05, 3.63) is 53.2 Å². The first-order valence-corrected chi connectivity index (χ1v) is 10.3. The highest BCUT2D eigenvalue weighted by Gasteiger charge is 2.38. The number of halogens is 1. The molecule has 2 aromatic rings. The Morgan fingerprint density at radius 3 is 2.63 bits per heavy atom. The number of benzene rings is 1. The number of amides is 2. The molecule has 0 bridgehead atoms. The number of nitrogens with zero attached hydrogens (tertiary/aromatic N) is 4. The van der Waals surface area contributed by atoms with E-state index in [1.54, 1.807) is 47.5 Å². The van der Waals surface area contributed by atoms with Gasteiger partial charge in [0, 0.05) is 55.8 Å². The summed E-state index contributed by atoms with van der Waals surface area (Å²) in [7, 11) is 0. The zero-order chi connectivity index (χ0) is 21.1. The van der Waals surface area contributed by atoms with Crippen LogP contribution in [0, 0.1) is 17.2 Å². The summed E-state index contributed by atoms with van der Waals surface area (Å²) in [5.41, 5.74) is 1.17. The molecule has 0 radical (unpaired) electrons. The third-order valence-corrected chi connectivity index (χ3v) is 5.79. The van der Waals surface area contributed by atoms with E-state index in [0.717, 1.165) is 5.69 Å². The van der Waals surface area contributed by atoms with Gasteiger partial charge in [-0.2, -0.15) is 5.26 Å². The minimum Gasteiger partial charge on any atom is -0.473 e. The van der Waals surface area contributed by atoms with Crippen LogP contribution in [-0.2, 0) is 9.59 Å². The van der Waals surface area contributed by atoms with Gasteiger partial charge in [-0.1, -0.05) is 11.6 Å². The summed E-state index contributed by atoms with van der Waals surface area (Å²) >= 11 is 5.92. The maximum absolute atomic E-state index is 13.0. The normalized spacial score (nSPS) is 19.6. The molecule has 0 spiro atoms. The molecule has 0 aliphatic carbocycles. The van der Waals surface area contributed by atoms with Crippen molar-refractivity contribution < 1.29 is 14.3 Å². The number of rotatable bonds is 4. The Morgan fingerprint density at radius 1 is 1.20 bits per heavy atom. The van der Waals surface area contributed by atoms with Gasteiger partial charge in [0.1, 0.15) is 17.7 Å². The molecule has 1 aromatic heterocycles. The van der Waals surface area contributed by atoms with Crippen LogP contribution in [0.5, 0.6) is 5.88 Å². The predicted molar refractivity (Wildman–Crippen MR) is 111 cm³/mol. The maximum Gasteiger partial charge on any atom is 0.231 e. The van der Waals surface area contributed by atoms with E-state index in [1.165, 1.54) is 0 Å². The standard InChI is InChI=1S/C22H21ClN4O3/c23-17-3-5-18(6-4-17)27-14-16(12-20(27)28)22(29)26-10-7-19(8-11-26)30-21-15(13-24)2-1-9-25-21/h1-6,9,16,19H,7-8,10-12,14H2. The number of likely N-dealkylation sites (tertiary alicyclic amines) is 1. The second-order valence-corrected chi connectivity index (χ2v) is 7.93.